The Morgan fingerprint density at radius 2 is 1.89 bits per heavy atom. The van der Waals surface area contributed by atoms with Crippen molar-refractivity contribution in [2.45, 2.75) is 53.0 Å². The van der Waals surface area contributed by atoms with Gasteiger partial charge in [0, 0.05) is 12.5 Å². The molecule has 2 aromatic rings. The van der Waals surface area contributed by atoms with Crippen molar-refractivity contribution >= 4 is 11.5 Å². The first-order valence-corrected chi connectivity index (χ1v) is 9.21. The third-order valence-electron chi connectivity index (χ3n) is 4.04. The van der Waals surface area contributed by atoms with Crippen molar-refractivity contribution < 1.29 is 13.9 Å². The summed E-state index contributed by atoms with van der Waals surface area (Å²) in [6.07, 6.45) is 0.599. The van der Waals surface area contributed by atoms with Gasteiger partial charge in [-0.05, 0) is 18.9 Å². The summed E-state index contributed by atoms with van der Waals surface area (Å²) in [6.45, 7) is 7.75. The summed E-state index contributed by atoms with van der Waals surface area (Å²) in [5.74, 6) is -2.37. The minimum absolute atomic E-state index is 0.0340. The Morgan fingerprint density at radius 1 is 1.32 bits per heavy atom. The number of aromatic amines is 1. The monoisotopic (exact) mass is 394 g/mol. The Balaban J connectivity index is 0.00000190. The van der Waals surface area contributed by atoms with Gasteiger partial charge in [-0.3, -0.25) is 4.79 Å². The van der Waals surface area contributed by atoms with Gasteiger partial charge in [-0.15, -0.1) is 0 Å². The number of aliphatic hydroxyl groups excluding tert-OH is 1. The van der Waals surface area contributed by atoms with Gasteiger partial charge in [-0.25, -0.2) is 13.8 Å². The zero-order chi connectivity index (χ0) is 21.5. The van der Waals surface area contributed by atoms with Crippen molar-refractivity contribution in [3.8, 4) is 0 Å². The predicted octanol–water partition coefficient (Wildman–Crippen LogP) is 4.14. The van der Waals surface area contributed by atoms with Crippen LogP contribution in [0.15, 0.2) is 29.1 Å². The highest BCUT2D eigenvalue weighted by Gasteiger charge is 2.24. The smallest absolute Gasteiger partial charge is 0.270 e. The molecule has 1 unspecified atom stereocenters. The molecule has 0 radical (unpaired) electrons. The molecule has 0 aliphatic carbocycles. The third-order valence-corrected chi connectivity index (χ3v) is 4.04. The molecule has 0 fully saturated rings. The lowest BCUT2D eigenvalue weighted by molar-refractivity contribution is 0.0174. The Bertz CT molecular complexity index is 843. The Kier molecular flexibility index (Phi) is 8.43. The molecule has 0 bridgehead atoms. The zero-order valence-corrected chi connectivity index (χ0v) is 16.9. The van der Waals surface area contributed by atoms with Crippen LogP contribution in [0.2, 0.25) is 0 Å². The highest BCUT2D eigenvalue weighted by Crippen LogP contribution is 2.29. The Morgan fingerprint density at radius 3 is 2.36 bits per heavy atom. The summed E-state index contributed by atoms with van der Waals surface area (Å²) in [6, 6.07) is 5.64. The molecule has 6 nitrogen and oxygen atoms in total. The van der Waals surface area contributed by atoms with Crippen molar-refractivity contribution in [3.05, 3.63) is 57.1 Å². The fraction of sp³-hybridized carbons (Fsp3) is 0.450. The molecule has 0 amide bonds. The van der Waals surface area contributed by atoms with Gasteiger partial charge in [0.1, 0.15) is 17.2 Å². The van der Waals surface area contributed by atoms with E-state index >= 15 is 0 Å². The second kappa shape index (κ2) is 10.1. The van der Waals surface area contributed by atoms with Crippen molar-refractivity contribution in [1.82, 2.24) is 9.97 Å². The van der Waals surface area contributed by atoms with Crippen LogP contribution in [-0.2, 0) is 5.92 Å². The molecule has 0 spiro atoms. The first-order chi connectivity index (χ1) is 13.2. The largest absolute Gasteiger partial charge is 0.390 e. The number of anilines is 1. The van der Waals surface area contributed by atoms with Crippen molar-refractivity contribution in [2.75, 3.05) is 11.9 Å². The SMILES string of the molecule is CC.CCC(Nc1nc(C)[nH]c(=O)c1C(=N)CO)c1ccc(C(C)(F)F)cc1. The number of H-pyrrole nitrogens is 1. The van der Waals surface area contributed by atoms with Crippen molar-refractivity contribution in [2.24, 2.45) is 0 Å². The number of halogens is 2. The first kappa shape index (κ1) is 23.4. The van der Waals surface area contributed by atoms with Crippen molar-refractivity contribution in [3.63, 3.8) is 0 Å². The lowest BCUT2D eigenvalue weighted by Crippen LogP contribution is -2.26. The average Bonchev–Trinajstić information content (AvgIpc) is 2.66. The Hall–Kier alpha value is -2.61. The number of nitrogens with zero attached hydrogens (tertiary/aromatic N) is 1. The number of hydrogen-bond acceptors (Lipinski definition) is 5. The minimum atomic E-state index is -2.91. The van der Waals surface area contributed by atoms with E-state index in [1.54, 1.807) is 19.1 Å². The quantitative estimate of drug-likeness (QED) is 0.530. The van der Waals surface area contributed by atoms with E-state index in [2.05, 4.69) is 15.3 Å². The molecule has 154 valence electrons. The summed E-state index contributed by atoms with van der Waals surface area (Å²) < 4.78 is 26.7. The maximum absolute atomic E-state index is 13.4. The second-order valence-corrected chi connectivity index (χ2v) is 6.13. The summed E-state index contributed by atoms with van der Waals surface area (Å²) in [7, 11) is 0. The van der Waals surface area contributed by atoms with E-state index < -0.39 is 18.1 Å². The lowest BCUT2D eigenvalue weighted by Gasteiger charge is -2.21. The molecule has 1 heterocycles. The number of aliphatic hydroxyl groups is 1. The molecule has 0 aliphatic heterocycles. The molecule has 1 aromatic heterocycles. The van der Waals surface area contributed by atoms with Crippen LogP contribution in [0.25, 0.3) is 0 Å². The number of hydrogen-bond donors (Lipinski definition) is 4. The van der Waals surface area contributed by atoms with Crippen LogP contribution in [-0.4, -0.2) is 27.4 Å². The van der Waals surface area contributed by atoms with Gasteiger partial charge < -0.3 is 20.8 Å². The molecule has 0 saturated heterocycles. The number of rotatable bonds is 7. The van der Waals surface area contributed by atoms with E-state index in [9.17, 15) is 18.7 Å². The van der Waals surface area contributed by atoms with Gasteiger partial charge in [0.05, 0.1) is 18.4 Å². The van der Waals surface area contributed by atoms with Crippen LogP contribution in [0.5, 0.6) is 0 Å². The van der Waals surface area contributed by atoms with Gasteiger partial charge in [-0.2, -0.15) is 0 Å². The van der Waals surface area contributed by atoms with E-state index in [-0.39, 0.29) is 28.7 Å². The van der Waals surface area contributed by atoms with E-state index in [0.29, 0.717) is 12.2 Å². The van der Waals surface area contributed by atoms with E-state index in [1.807, 2.05) is 20.8 Å². The van der Waals surface area contributed by atoms with Crippen LogP contribution in [0.1, 0.15) is 62.7 Å². The summed E-state index contributed by atoms with van der Waals surface area (Å²) in [4.78, 5) is 18.9. The highest BCUT2D eigenvalue weighted by molar-refractivity contribution is 6.02. The van der Waals surface area contributed by atoms with E-state index in [4.69, 9.17) is 5.41 Å². The molecule has 0 saturated carbocycles. The summed E-state index contributed by atoms with van der Waals surface area (Å²) >= 11 is 0. The number of aromatic nitrogens is 2. The van der Waals surface area contributed by atoms with E-state index in [1.165, 1.54) is 12.1 Å². The number of nitrogens with one attached hydrogen (secondary N) is 3. The topological polar surface area (TPSA) is 102 Å². The third kappa shape index (κ3) is 5.69. The van der Waals surface area contributed by atoms with Gasteiger partial charge in [0.15, 0.2) is 0 Å². The lowest BCUT2D eigenvalue weighted by atomic mass is 10.0. The standard InChI is InChI=1S/C18H22F2N4O2.C2H6/c1-4-14(11-5-7-12(8-6-11)18(3,19)20)24-16-15(13(21)9-25)17(26)23-10(2)22-16;1-2/h5-8,14,21,25H,4,9H2,1-3H3,(H2,22,23,24,26);1-2H3. The van der Waals surface area contributed by atoms with Crippen LogP contribution in [0, 0.1) is 12.3 Å². The minimum Gasteiger partial charge on any atom is -0.390 e. The van der Waals surface area contributed by atoms with Gasteiger partial charge in [0.25, 0.3) is 11.5 Å². The maximum atomic E-state index is 13.4. The number of alkyl halides is 2. The highest BCUT2D eigenvalue weighted by atomic mass is 19.3. The van der Waals surface area contributed by atoms with Gasteiger partial charge >= 0.3 is 0 Å². The van der Waals surface area contributed by atoms with E-state index in [0.717, 1.165) is 12.5 Å². The molecular formula is C20H28F2N4O2. The second-order valence-electron chi connectivity index (χ2n) is 6.13. The molecule has 1 aromatic carbocycles. The maximum Gasteiger partial charge on any atom is 0.270 e. The molecule has 1 atom stereocenters. The fourth-order valence-corrected chi connectivity index (χ4v) is 2.64. The van der Waals surface area contributed by atoms with Crippen LogP contribution in [0.3, 0.4) is 0 Å². The predicted molar refractivity (Wildman–Crippen MR) is 108 cm³/mol. The van der Waals surface area contributed by atoms with Crippen LogP contribution in [0.4, 0.5) is 14.6 Å². The van der Waals surface area contributed by atoms with Gasteiger partial charge in [-0.1, -0.05) is 45.0 Å². The average molecular weight is 394 g/mol. The molecule has 2 rings (SSSR count). The van der Waals surface area contributed by atoms with Crippen LogP contribution < -0.4 is 10.9 Å². The summed E-state index contributed by atoms with van der Waals surface area (Å²) in [5.41, 5.74) is -0.133. The normalized spacial score (nSPS) is 12.0. The molecular weight excluding hydrogens is 366 g/mol. The molecule has 28 heavy (non-hydrogen) atoms. The Labute approximate surface area is 163 Å². The molecule has 4 N–H and O–H groups in total. The van der Waals surface area contributed by atoms with Crippen LogP contribution >= 0.6 is 0 Å². The molecule has 0 aliphatic rings. The fourth-order valence-electron chi connectivity index (χ4n) is 2.64. The van der Waals surface area contributed by atoms with Gasteiger partial charge in [0.2, 0.25) is 0 Å². The number of aryl methyl sites for hydroxylation is 1. The van der Waals surface area contributed by atoms with Crippen molar-refractivity contribution in [1.29, 1.82) is 5.41 Å². The molecule has 8 heteroatoms. The first-order valence-electron chi connectivity index (χ1n) is 9.21. The number of benzene rings is 1. The summed E-state index contributed by atoms with van der Waals surface area (Å²) in [5, 5.41) is 20.1. The zero-order valence-electron chi connectivity index (χ0n) is 16.9.